The van der Waals surface area contributed by atoms with Crippen molar-refractivity contribution in [2.75, 3.05) is 25.4 Å². The van der Waals surface area contributed by atoms with E-state index in [9.17, 15) is 18.0 Å². The lowest BCUT2D eigenvalue weighted by molar-refractivity contribution is -0.149. The van der Waals surface area contributed by atoms with E-state index in [2.05, 4.69) is 4.40 Å². The minimum absolute atomic E-state index is 0.118. The van der Waals surface area contributed by atoms with Gasteiger partial charge in [-0.2, -0.15) is 0 Å². The van der Waals surface area contributed by atoms with Gasteiger partial charge < -0.3 is 14.5 Å². The molecule has 2 heterocycles. The van der Waals surface area contributed by atoms with Crippen LogP contribution in [0.1, 0.15) is 12.5 Å². The van der Waals surface area contributed by atoms with Crippen LogP contribution in [0, 0.1) is 0 Å². The number of carbonyl (C=O) groups excluding carboxylic acids is 2. The normalized spacial score (nSPS) is 17.2. The molecule has 1 aromatic carbocycles. The van der Waals surface area contributed by atoms with Crippen LogP contribution in [-0.4, -0.2) is 61.4 Å². The molecule has 0 aromatic heterocycles. The molecule has 28 heavy (non-hydrogen) atoms. The smallest absolute Gasteiger partial charge is 0.340 e. The van der Waals surface area contributed by atoms with Crippen LogP contribution >= 0.6 is 0 Å². The Morgan fingerprint density at radius 1 is 1.21 bits per heavy atom. The Labute approximate surface area is 163 Å². The van der Waals surface area contributed by atoms with E-state index in [0.29, 0.717) is 13.1 Å². The van der Waals surface area contributed by atoms with Crippen molar-refractivity contribution in [3.05, 3.63) is 59.8 Å². The summed E-state index contributed by atoms with van der Waals surface area (Å²) in [4.78, 5) is 27.8. The monoisotopic (exact) mass is 403 g/mol. The topological polar surface area (TPSA) is 96.4 Å². The van der Waals surface area contributed by atoms with E-state index < -0.39 is 16.0 Å². The van der Waals surface area contributed by atoms with E-state index >= 15 is 0 Å². The largest absolute Gasteiger partial charge is 0.452 e. The van der Waals surface area contributed by atoms with Crippen molar-refractivity contribution < 1.29 is 22.7 Å². The number of hydrogen-bond donors (Lipinski definition) is 0. The molecule has 0 N–H and O–H groups in total. The molecule has 2 aliphatic rings. The quantitative estimate of drug-likeness (QED) is 0.660. The van der Waals surface area contributed by atoms with Crippen LogP contribution in [0.2, 0.25) is 0 Å². The standard InChI is InChI=1S/C19H21N3O5S/c1-2-21(12-15-6-4-3-5-7-15)18(23)14-27-19(24)16-8-9-17-20-28(25,26)11-10-22(17)13-16/h3-9,13H,2,10-12,14H2,1H3. The lowest BCUT2D eigenvalue weighted by atomic mass is 10.2. The Balaban J connectivity index is 1.57. The number of rotatable bonds is 6. The lowest BCUT2D eigenvalue weighted by Crippen LogP contribution is -2.37. The fraction of sp³-hybridized carbons (Fsp3) is 0.316. The van der Waals surface area contributed by atoms with Gasteiger partial charge in [-0.1, -0.05) is 30.3 Å². The second kappa shape index (κ2) is 8.39. The molecule has 148 valence electrons. The van der Waals surface area contributed by atoms with Gasteiger partial charge in [0.15, 0.2) is 6.61 Å². The minimum atomic E-state index is -3.45. The van der Waals surface area contributed by atoms with Gasteiger partial charge in [0, 0.05) is 25.8 Å². The summed E-state index contributed by atoms with van der Waals surface area (Å²) in [5, 5.41) is 0. The van der Waals surface area contributed by atoms with E-state index in [1.165, 1.54) is 18.4 Å². The minimum Gasteiger partial charge on any atom is -0.452 e. The first-order chi connectivity index (χ1) is 13.4. The van der Waals surface area contributed by atoms with E-state index in [-0.39, 0.29) is 36.2 Å². The molecule has 3 rings (SSSR count). The van der Waals surface area contributed by atoms with Gasteiger partial charge in [0.2, 0.25) is 0 Å². The zero-order valence-corrected chi connectivity index (χ0v) is 16.3. The molecule has 1 amide bonds. The third-order valence-corrected chi connectivity index (χ3v) is 5.50. The van der Waals surface area contributed by atoms with Gasteiger partial charge in [-0.05, 0) is 24.6 Å². The second-order valence-corrected chi connectivity index (χ2v) is 8.07. The summed E-state index contributed by atoms with van der Waals surface area (Å²) in [5.74, 6) is -0.787. The van der Waals surface area contributed by atoms with Gasteiger partial charge in [0.25, 0.3) is 15.9 Å². The van der Waals surface area contributed by atoms with Crippen molar-refractivity contribution in [2.24, 2.45) is 4.40 Å². The van der Waals surface area contributed by atoms with Crippen molar-refractivity contribution in [3.63, 3.8) is 0 Å². The Hall–Kier alpha value is -2.94. The summed E-state index contributed by atoms with van der Waals surface area (Å²) in [5.41, 5.74) is 1.23. The molecule has 0 radical (unpaired) electrons. The maximum atomic E-state index is 12.4. The first-order valence-electron chi connectivity index (χ1n) is 8.86. The maximum Gasteiger partial charge on any atom is 0.340 e. The van der Waals surface area contributed by atoms with Crippen molar-refractivity contribution in [3.8, 4) is 0 Å². The molecule has 0 saturated carbocycles. The van der Waals surface area contributed by atoms with Gasteiger partial charge in [-0.15, -0.1) is 4.40 Å². The average Bonchev–Trinajstić information content (AvgIpc) is 2.69. The fourth-order valence-corrected chi connectivity index (χ4v) is 3.77. The predicted octanol–water partition coefficient (Wildman–Crippen LogP) is 1.08. The molecule has 2 aliphatic heterocycles. The van der Waals surface area contributed by atoms with Crippen LogP contribution in [0.5, 0.6) is 0 Å². The van der Waals surface area contributed by atoms with Crippen molar-refractivity contribution >= 4 is 27.7 Å². The highest BCUT2D eigenvalue weighted by molar-refractivity contribution is 7.90. The van der Waals surface area contributed by atoms with Gasteiger partial charge in [0.05, 0.1) is 11.3 Å². The zero-order valence-electron chi connectivity index (χ0n) is 15.4. The number of esters is 1. The SMILES string of the molecule is CCN(Cc1ccccc1)C(=O)COC(=O)C1=CN2CCS(=O)(=O)N=C2C=C1. The van der Waals surface area contributed by atoms with Crippen molar-refractivity contribution in [1.82, 2.24) is 9.80 Å². The number of carbonyl (C=O) groups is 2. The van der Waals surface area contributed by atoms with Crippen LogP contribution in [0.4, 0.5) is 0 Å². The van der Waals surface area contributed by atoms with Crippen molar-refractivity contribution in [2.45, 2.75) is 13.5 Å². The number of amides is 1. The molecule has 8 nitrogen and oxygen atoms in total. The highest BCUT2D eigenvalue weighted by Gasteiger charge is 2.26. The third kappa shape index (κ3) is 4.86. The number of fused-ring (bicyclic) bond motifs is 1. The Morgan fingerprint density at radius 3 is 2.68 bits per heavy atom. The molecule has 0 unspecified atom stereocenters. The van der Waals surface area contributed by atoms with Crippen LogP contribution in [-0.2, 0) is 30.9 Å². The Morgan fingerprint density at radius 2 is 1.96 bits per heavy atom. The summed E-state index contributed by atoms with van der Waals surface area (Å²) in [7, 11) is -3.45. The number of amidine groups is 1. The van der Waals surface area contributed by atoms with Gasteiger partial charge >= 0.3 is 5.97 Å². The third-order valence-electron chi connectivity index (χ3n) is 4.34. The number of sulfonamides is 1. The first-order valence-corrected chi connectivity index (χ1v) is 10.5. The molecular formula is C19H21N3O5S. The molecular weight excluding hydrogens is 382 g/mol. The Bertz CT molecular complexity index is 951. The highest BCUT2D eigenvalue weighted by atomic mass is 32.2. The van der Waals surface area contributed by atoms with E-state index in [4.69, 9.17) is 4.74 Å². The number of nitrogens with zero attached hydrogens (tertiary/aromatic N) is 3. The van der Waals surface area contributed by atoms with Crippen molar-refractivity contribution in [1.29, 1.82) is 0 Å². The summed E-state index contributed by atoms with van der Waals surface area (Å²) < 4.78 is 31.8. The maximum absolute atomic E-state index is 12.4. The molecule has 0 saturated heterocycles. The summed E-state index contributed by atoms with van der Waals surface area (Å²) in [6.07, 6.45) is 4.37. The summed E-state index contributed by atoms with van der Waals surface area (Å²) >= 11 is 0. The summed E-state index contributed by atoms with van der Waals surface area (Å²) in [6.45, 7) is 2.65. The van der Waals surface area contributed by atoms with Gasteiger partial charge in [-0.3, -0.25) is 4.79 Å². The van der Waals surface area contributed by atoms with Gasteiger partial charge in [-0.25, -0.2) is 13.2 Å². The van der Waals surface area contributed by atoms with E-state index in [1.807, 2.05) is 37.3 Å². The van der Waals surface area contributed by atoms with Crippen LogP contribution < -0.4 is 0 Å². The molecule has 0 aliphatic carbocycles. The number of benzene rings is 1. The fourth-order valence-electron chi connectivity index (χ4n) is 2.80. The van der Waals surface area contributed by atoms with E-state index in [1.54, 1.807) is 9.80 Å². The summed E-state index contributed by atoms with van der Waals surface area (Å²) in [6, 6.07) is 9.57. The van der Waals surface area contributed by atoms with Crippen LogP contribution in [0.15, 0.2) is 58.7 Å². The van der Waals surface area contributed by atoms with Crippen LogP contribution in [0.3, 0.4) is 0 Å². The number of likely N-dealkylation sites (N-methyl/N-ethyl adjacent to an activating group) is 1. The molecule has 1 aromatic rings. The van der Waals surface area contributed by atoms with Gasteiger partial charge in [0.1, 0.15) is 5.84 Å². The first kappa shape index (κ1) is 19.8. The number of ether oxygens (including phenoxy) is 1. The zero-order chi connectivity index (χ0) is 20.1. The average molecular weight is 403 g/mol. The lowest BCUT2D eigenvalue weighted by Gasteiger charge is -2.26. The molecule has 0 fully saturated rings. The predicted molar refractivity (Wildman–Crippen MR) is 104 cm³/mol. The molecule has 0 spiro atoms. The van der Waals surface area contributed by atoms with E-state index in [0.717, 1.165) is 5.56 Å². The molecule has 9 heteroatoms. The number of hydrogen-bond acceptors (Lipinski definition) is 6. The second-order valence-electron chi connectivity index (χ2n) is 6.32. The molecule has 0 atom stereocenters. The highest BCUT2D eigenvalue weighted by Crippen LogP contribution is 2.16. The van der Waals surface area contributed by atoms with Crippen LogP contribution in [0.25, 0.3) is 0 Å². The Kier molecular flexibility index (Phi) is 5.93. The molecule has 0 bridgehead atoms.